The van der Waals surface area contributed by atoms with Gasteiger partial charge in [0.05, 0.1) is 5.37 Å². The number of benzene rings is 3. The third kappa shape index (κ3) is 5.54. The zero-order valence-electron chi connectivity index (χ0n) is 20.5. The molecule has 0 aliphatic carbocycles. The number of aryl methyl sites for hydroxylation is 2. The van der Waals surface area contributed by atoms with Crippen molar-refractivity contribution in [3.05, 3.63) is 118 Å². The second-order valence-corrected chi connectivity index (χ2v) is 10.6. The minimum Gasteiger partial charge on any atom is -0.480 e. The van der Waals surface area contributed by atoms with Gasteiger partial charge in [-0.05, 0) is 54.8 Å². The summed E-state index contributed by atoms with van der Waals surface area (Å²) in [5, 5.41) is 10.5. The summed E-state index contributed by atoms with van der Waals surface area (Å²) < 4.78 is 12.0. The van der Waals surface area contributed by atoms with Crippen LogP contribution in [0.1, 0.15) is 45.2 Å². The highest BCUT2D eigenvalue weighted by atomic mass is 35.5. The van der Waals surface area contributed by atoms with Crippen molar-refractivity contribution < 1.29 is 19.1 Å². The number of carboxylic acid groups (broad SMARTS) is 1. The number of thioether (sulfide) groups is 1. The fourth-order valence-corrected chi connectivity index (χ4v) is 6.22. The van der Waals surface area contributed by atoms with E-state index < -0.39 is 18.1 Å². The average Bonchev–Trinajstić information content (AvgIpc) is 3.50. The van der Waals surface area contributed by atoms with Crippen LogP contribution >= 0.6 is 23.4 Å². The number of carboxylic acids is 1. The number of aliphatic carboxylic acids is 1. The Balaban J connectivity index is 1.43. The molecule has 1 aromatic heterocycles. The van der Waals surface area contributed by atoms with Crippen molar-refractivity contribution in [3.8, 4) is 5.75 Å². The molecule has 0 radical (unpaired) electrons. The molecule has 1 fully saturated rings. The van der Waals surface area contributed by atoms with E-state index in [1.165, 1.54) is 6.39 Å². The standard InChI is InChI=1S/C29H27ClN2O4S/c1-18-6-3-4-9-24(18)27(26-19(2)35-17-31-26)36-23-8-5-7-20(14-23)15-32-25(29(33)34)16-37-28(32)21-10-12-22(30)13-11-21/h3-14,17,25,27-28H,15-16H2,1-2H3,(H,33,34)/t25?,27?,28-/m1/s1. The maximum absolute atomic E-state index is 12.1. The number of hydrogen-bond donors (Lipinski definition) is 1. The van der Waals surface area contributed by atoms with Crippen LogP contribution in [0.3, 0.4) is 0 Å². The molecule has 37 heavy (non-hydrogen) atoms. The van der Waals surface area contributed by atoms with Crippen LogP contribution < -0.4 is 4.74 Å². The highest BCUT2D eigenvalue weighted by Crippen LogP contribution is 2.43. The van der Waals surface area contributed by atoms with Crippen LogP contribution in [0, 0.1) is 13.8 Å². The topological polar surface area (TPSA) is 75.8 Å². The molecule has 2 unspecified atom stereocenters. The zero-order valence-corrected chi connectivity index (χ0v) is 22.1. The van der Waals surface area contributed by atoms with Gasteiger partial charge >= 0.3 is 5.97 Å². The molecular weight excluding hydrogens is 508 g/mol. The van der Waals surface area contributed by atoms with Gasteiger partial charge in [0.2, 0.25) is 0 Å². The average molecular weight is 535 g/mol. The first-order chi connectivity index (χ1) is 17.9. The monoisotopic (exact) mass is 534 g/mol. The molecule has 1 saturated heterocycles. The summed E-state index contributed by atoms with van der Waals surface area (Å²) in [5.41, 5.74) is 4.83. The third-order valence-electron chi connectivity index (χ3n) is 6.57. The lowest BCUT2D eigenvalue weighted by molar-refractivity contribution is -0.142. The van der Waals surface area contributed by atoms with Gasteiger partial charge < -0.3 is 14.3 Å². The molecule has 0 saturated carbocycles. The van der Waals surface area contributed by atoms with Crippen LogP contribution in [0.5, 0.6) is 5.75 Å². The maximum Gasteiger partial charge on any atom is 0.321 e. The molecule has 0 amide bonds. The summed E-state index contributed by atoms with van der Waals surface area (Å²) in [6.45, 7) is 4.39. The van der Waals surface area contributed by atoms with Crippen LogP contribution in [0.15, 0.2) is 83.6 Å². The van der Waals surface area contributed by atoms with E-state index in [2.05, 4.69) is 4.98 Å². The van der Waals surface area contributed by atoms with Crippen molar-refractivity contribution in [2.24, 2.45) is 0 Å². The largest absolute Gasteiger partial charge is 0.480 e. The second-order valence-electron chi connectivity index (χ2n) is 9.06. The number of nitrogens with zero attached hydrogens (tertiary/aromatic N) is 2. The van der Waals surface area contributed by atoms with Gasteiger partial charge in [0.1, 0.15) is 23.2 Å². The van der Waals surface area contributed by atoms with Crippen LogP contribution in [0.25, 0.3) is 0 Å². The molecule has 8 heteroatoms. The lowest BCUT2D eigenvalue weighted by Crippen LogP contribution is -2.38. The molecule has 3 atom stereocenters. The number of aromatic nitrogens is 1. The summed E-state index contributed by atoms with van der Waals surface area (Å²) in [4.78, 5) is 18.5. The predicted octanol–water partition coefficient (Wildman–Crippen LogP) is 6.81. The number of hydrogen-bond acceptors (Lipinski definition) is 6. The van der Waals surface area contributed by atoms with Gasteiger partial charge in [-0.1, -0.05) is 60.1 Å². The van der Waals surface area contributed by atoms with E-state index in [9.17, 15) is 9.90 Å². The first kappa shape index (κ1) is 25.4. The molecule has 2 heterocycles. The fraction of sp³-hybridized carbons (Fsp3) is 0.241. The Labute approximate surface area is 225 Å². The molecule has 6 nitrogen and oxygen atoms in total. The molecule has 3 aromatic carbocycles. The smallest absolute Gasteiger partial charge is 0.321 e. The summed E-state index contributed by atoms with van der Waals surface area (Å²) in [6, 6.07) is 22.9. The van der Waals surface area contributed by atoms with Gasteiger partial charge in [0.25, 0.3) is 0 Å². The fourth-order valence-electron chi connectivity index (χ4n) is 4.64. The van der Waals surface area contributed by atoms with Gasteiger partial charge in [-0.25, -0.2) is 4.98 Å². The van der Waals surface area contributed by atoms with Gasteiger partial charge in [-0.15, -0.1) is 11.8 Å². The summed E-state index contributed by atoms with van der Waals surface area (Å²) in [5.74, 6) is 1.07. The van der Waals surface area contributed by atoms with Crippen LogP contribution in [-0.4, -0.2) is 32.8 Å². The number of rotatable bonds is 8. The quantitative estimate of drug-likeness (QED) is 0.266. The van der Waals surface area contributed by atoms with E-state index in [1.807, 2.05) is 91.5 Å². The van der Waals surface area contributed by atoms with E-state index in [-0.39, 0.29) is 5.37 Å². The first-order valence-corrected chi connectivity index (χ1v) is 13.4. The number of halogens is 1. The van der Waals surface area contributed by atoms with Gasteiger partial charge in [-0.3, -0.25) is 9.69 Å². The lowest BCUT2D eigenvalue weighted by Gasteiger charge is -2.28. The molecule has 1 aliphatic heterocycles. The van der Waals surface area contributed by atoms with Crippen molar-refractivity contribution in [1.29, 1.82) is 0 Å². The number of oxazole rings is 1. The predicted molar refractivity (Wildman–Crippen MR) is 145 cm³/mol. The highest BCUT2D eigenvalue weighted by Gasteiger charge is 2.39. The zero-order chi connectivity index (χ0) is 25.9. The summed E-state index contributed by atoms with van der Waals surface area (Å²) in [6.07, 6.45) is 0.995. The molecule has 0 spiro atoms. The Hall–Kier alpha value is -3.26. The van der Waals surface area contributed by atoms with Crippen LogP contribution in [-0.2, 0) is 11.3 Å². The van der Waals surface area contributed by atoms with E-state index >= 15 is 0 Å². The Kier molecular flexibility index (Phi) is 7.55. The lowest BCUT2D eigenvalue weighted by atomic mass is 10.00. The Morgan fingerprint density at radius 1 is 1.16 bits per heavy atom. The van der Waals surface area contributed by atoms with Crippen molar-refractivity contribution in [2.45, 2.75) is 37.9 Å². The van der Waals surface area contributed by atoms with Gasteiger partial charge in [-0.2, -0.15) is 0 Å². The number of ether oxygens (including phenoxy) is 1. The molecule has 0 bridgehead atoms. The van der Waals surface area contributed by atoms with Crippen LogP contribution in [0.4, 0.5) is 0 Å². The summed E-state index contributed by atoms with van der Waals surface area (Å²) >= 11 is 7.72. The molecule has 5 rings (SSSR count). The normalized spacial score (nSPS) is 18.6. The Morgan fingerprint density at radius 3 is 2.65 bits per heavy atom. The van der Waals surface area contributed by atoms with E-state index in [1.54, 1.807) is 11.8 Å². The maximum atomic E-state index is 12.1. The van der Waals surface area contributed by atoms with Gasteiger partial charge in [0, 0.05) is 22.9 Å². The molecule has 1 aliphatic rings. The van der Waals surface area contributed by atoms with Gasteiger partial charge in [0.15, 0.2) is 12.5 Å². The third-order valence-corrected chi connectivity index (χ3v) is 8.19. The first-order valence-electron chi connectivity index (χ1n) is 12.0. The molecule has 1 N–H and O–H groups in total. The van der Waals surface area contributed by atoms with Crippen molar-refractivity contribution in [2.75, 3.05) is 5.75 Å². The molecule has 4 aromatic rings. The minimum atomic E-state index is -0.822. The summed E-state index contributed by atoms with van der Waals surface area (Å²) in [7, 11) is 0. The minimum absolute atomic E-state index is 0.0829. The highest BCUT2D eigenvalue weighted by molar-refractivity contribution is 7.99. The Morgan fingerprint density at radius 2 is 1.95 bits per heavy atom. The Bertz CT molecular complexity index is 1390. The SMILES string of the molecule is Cc1ccccc1C(Oc1cccc(CN2C(C(=O)O)CS[C@@H]2c2ccc(Cl)cc2)c1)c1ncoc1C. The van der Waals surface area contributed by atoms with Crippen molar-refractivity contribution >= 4 is 29.3 Å². The van der Waals surface area contributed by atoms with Crippen molar-refractivity contribution in [3.63, 3.8) is 0 Å². The van der Waals surface area contributed by atoms with E-state index in [0.717, 1.165) is 27.9 Å². The second kappa shape index (κ2) is 11.0. The molecule has 190 valence electrons. The molecular formula is C29H27ClN2O4S. The van der Waals surface area contributed by atoms with E-state index in [0.29, 0.717) is 28.8 Å². The van der Waals surface area contributed by atoms with Crippen LogP contribution in [0.2, 0.25) is 5.02 Å². The van der Waals surface area contributed by atoms with Crippen molar-refractivity contribution in [1.82, 2.24) is 9.88 Å². The van der Waals surface area contributed by atoms with E-state index in [4.69, 9.17) is 20.8 Å². The number of carbonyl (C=O) groups is 1.